The third-order valence-electron chi connectivity index (χ3n) is 2.11. The third kappa shape index (κ3) is 3.40. The molecule has 0 bridgehead atoms. The molecule has 0 N–H and O–H groups in total. The van der Waals surface area contributed by atoms with Gasteiger partial charge in [-0.1, -0.05) is 13.8 Å². The van der Waals surface area contributed by atoms with Crippen molar-refractivity contribution in [2.24, 2.45) is 0 Å². The van der Waals surface area contributed by atoms with Gasteiger partial charge in [0.2, 0.25) is 0 Å². The molecule has 1 rings (SSSR count). The lowest BCUT2D eigenvalue weighted by Crippen LogP contribution is -2.28. The van der Waals surface area contributed by atoms with Crippen LogP contribution in [0.25, 0.3) is 0 Å². The molecule has 20 heavy (non-hydrogen) atoms. The molecule has 10 heteroatoms. The van der Waals surface area contributed by atoms with E-state index in [1.54, 1.807) is 13.8 Å². The zero-order valence-corrected chi connectivity index (χ0v) is 12.6. The van der Waals surface area contributed by atoms with Crippen LogP contribution in [0, 0.1) is 11.3 Å². The Morgan fingerprint density at radius 1 is 1.45 bits per heavy atom. The molecule has 0 spiro atoms. The van der Waals surface area contributed by atoms with Gasteiger partial charge in [-0.05, 0) is 27.9 Å². The summed E-state index contributed by atoms with van der Waals surface area (Å²) in [4.78, 5) is 3.67. The molecule has 110 valence electrons. The Morgan fingerprint density at radius 3 is 2.40 bits per heavy atom. The molecular weight excluding hydrogens is 365 g/mol. The molecule has 0 aromatic carbocycles. The van der Waals surface area contributed by atoms with Gasteiger partial charge in [-0.2, -0.15) is 26.9 Å². The van der Waals surface area contributed by atoms with Gasteiger partial charge in [-0.25, -0.2) is 4.98 Å². The van der Waals surface area contributed by atoms with E-state index in [4.69, 9.17) is 5.26 Å². The molecule has 0 aliphatic heterocycles. The molecule has 0 fully saturated rings. The molecule has 0 unspecified atom stereocenters. The first-order chi connectivity index (χ1) is 8.99. The fourth-order valence-electron chi connectivity index (χ4n) is 1.19. The second-order valence-electron chi connectivity index (χ2n) is 3.96. The fraction of sp³-hybridized carbons (Fsp3) is 0.400. The first-order valence-electron chi connectivity index (χ1n) is 5.11. The minimum atomic E-state index is -5.87. The maximum atomic E-state index is 12.3. The molecule has 0 saturated heterocycles. The van der Waals surface area contributed by atoms with Crippen LogP contribution in [0.3, 0.4) is 0 Å². The first kappa shape index (κ1) is 16.7. The molecule has 1 heterocycles. The largest absolute Gasteiger partial charge is 0.534 e. The van der Waals surface area contributed by atoms with Crippen LogP contribution in [0.2, 0.25) is 0 Å². The summed E-state index contributed by atoms with van der Waals surface area (Å²) in [6, 6.07) is 2.68. The number of nitrogens with zero attached hydrogens (tertiary/aromatic N) is 2. The number of aromatic nitrogens is 1. The number of nitriles is 1. The minimum Gasteiger partial charge on any atom is -0.354 e. The van der Waals surface area contributed by atoms with Crippen molar-refractivity contribution in [1.29, 1.82) is 5.26 Å². The lowest BCUT2D eigenvalue weighted by molar-refractivity contribution is -0.0501. The summed E-state index contributed by atoms with van der Waals surface area (Å²) < 4.78 is 63.0. The van der Waals surface area contributed by atoms with Crippen molar-refractivity contribution >= 4 is 26.0 Å². The summed E-state index contributed by atoms with van der Waals surface area (Å²) >= 11 is 3.10. The summed E-state index contributed by atoms with van der Waals surface area (Å²) in [6.45, 7) is 3.39. The lowest BCUT2D eigenvalue weighted by atomic mass is 10.1. The number of alkyl halides is 3. The topological polar surface area (TPSA) is 80.0 Å². The van der Waals surface area contributed by atoms with E-state index in [2.05, 4.69) is 25.1 Å². The van der Waals surface area contributed by atoms with Crippen molar-refractivity contribution in [3.05, 3.63) is 21.8 Å². The molecule has 0 saturated carbocycles. The average Bonchev–Trinajstić information content (AvgIpc) is 2.28. The quantitative estimate of drug-likeness (QED) is 0.601. The molecule has 0 aliphatic carbocycles. The van der Waals surface area contributed by atoms with E-state index >= 15 is 0 Å². The van der Waals surface area contributed by atoms with Crippen LogP contribution in [0.1, 0.15) is 31.0 Å². The normalized spacial score (nSPS) is 12.3. The Balaban J connectivity index is 3.39. The second-order valence-corrected chi connectivity index (χ2v) is 6.35. The Kier molecular flexibility index (Phi) is 4.66. The van der Waals surface area contributed by atoms with Crippen LogP contribution in [0.4, 0.5) is 13.2 Å². The summed E-state index contributed by atoms with van der Waals surface area (Å²) in [6.07, 6.45) is 0. The van der Waals surface area contributed by atoms with E-state index in [-0.39, 0.29) is 11.6 Å². The van der Waals surface area contributed by atoms with E-state index in [0.717, 1.165) is 6.07 Å². The number of hydrogen-bond donors (Lipinski definition) is 0. The summed E-state index contributed by atoms with van der Waals surface area (Å²) in [5, 5.41) is 8.81. The van der Waals surface area contributed by atoms with Crippen LogP contribution in [-0.4, -0.2) is 18.9 Å². The predicted molar refractivity (Wildman–Crippen MR) is 66.3 cm³/mol. The standard InChI is InChI=1S/C10H8BrF3N2O3S/c1-5(2)8-7(11)3-6(4-15)9(16-8)19-20(17,18)10(12,13)14/h3,5H,1-2H3. The van der Waals surface area contributed by atoms with E-state index in [1.165, 1.54) is 6.07 Å². The van der Waals surface area contributed by atoms with Gasteiger partial charge in [0.05, 0.1) is 5.69 Å². The Labute approximate surface area is 121 Å². The van der Waals surface area contributed by atoms with Gasteiger partial charge < -0.3 is 4.18 Å². The van der Waals surface area contributed by atoms with Gasteiger partial charge in [0.15, 0.2) is 0 Å². The van der Waals surface area contributed by atoms with Gasteiger partial charge >= 0.3 is 15.6 Å². The lowest BCUT2D eigenvalue weighted by Gasteiger charge is -2.13. The third-order valence-corrected chi connectivity index (χ3v) is 3.69. The Morgan fingerprint density at radius 2 is 2.00 bits per heavy atom. The molecule has 0 atom stereocenters. The number of hydrogen-bond acceptors (Lipinski definition) is 5. The van der Waals surface area contributed by atoms with Crippen molar-refractivity contribution in [1.82, 2.24) is 4.98 Å². The van der Waals surface area contributed by atoms with Crippen LogP contribution in [0.5, 0.6) is 5.88 Å². The number of halogens is 4. The maximum Gasteiger partial charge on any atom is 0.534 e. The fourth-order valence-corrected chi connectivity index (χ4v) is 2.39. The highest BCUT2D eigenvalue weighted by Gasteiger charge is 2.49. The van der Waals surface area contributed by atoms with Crippen LogP contribution >= 0.6 is 15.9 Å². The smallest absolute Gasteiger partial charge is 0.354 e. The summed E-state index contributed by atoms with van der Waals surface area (Å²) in [7, 11) is -5.87. The highest BCUT2D eigenvalue weighted by atomic mass is 79.9. The van der Waals surface area contributed by atoms with Gasteiger partial charge in [0, 0.05) is 4.47 Å². The van der Waals surface area contributed by atoms with E-state index < -0.39 is 27.1 Å². The van der Waals surface area contributed by atoms with Gasteiger partial charge in [0.25, 0.3) is 5.88 Å². The maximum absolute atomic E-state index is 12.3. The van der Waals surface area contributed by atoms with Crippen molar-refractivity contribution in [2.75, 3.05) is 0 Å². The monoisotopic (exact) mass is 372 g/mol. The Hall–Kier alpha value is -1.34. The summed E-state index contributed by atoms with van der Waals surface area (Å²) in [5.74, 6) is -1.11. The van der Waals surface area contributed by atoms with Crippen LogP contribution in [0.15, 0.2) is 10.5 Å². The molecule has 0 amide bonds. The predicted octanol–water partition coefficient (Wildman–Crippen LogP) is 3.07. The molecule has 0 radical (unpaired) electrons. The highest BCUT2D eigenvalue weighted by Crippen LogP contribution is 2.32. The van der Waals surface area contributed by atoms with Crippen LogP contribution < -0.4 is 4.18 Å². The molecule has 0 aliphatic rings. The average molecular weight is 373 g/mol. The van der Waals surface area contributed by atoms with Crippen molar-refractivity contribution in [3.63, 3.8) is 0 Å². The van der Waals surface area contributed by atoms with E-state index in [0.29, 0.717) is 4.47 Å². The summed E-state index contributed by atoms with van der Waals surface area (Å²) in [5.41, 5.74) is -5.74. The van der Waals surface area contributed by atoms with Crippen LogP contribution in [-0.2, 0) is 10.1 Å². The molecule has 5 nitrogen and oxygen atoms in total. The van der Waals surface area contributed by atoms with Gasteiger partial charge in [-0.3, -0.25) is 0 Å². The zero-order chi connectivity index (χ0) is 15.7. The van der Waals surface area contributed by atoms with Crippen molar-refractivity contribution < 1.29 is 25.8 Å². The van der Waals surface area contributed by atoms with E-state index in [9.17, 15) is 21.6 Å². The zero-order valence-electron chi connectivity index (χ0n) is 10.2. The Bertz CT molecular complexity index is 666. The van der Waals surface area contributed by atoms with Gasteiger partial charge in [-0.15, -0.1) is 0 Å². The number of pyridine rings is 1. The minimum absolute atomic E-state index is 0.215. The second kappa shape index (κ2) is 5.57. The highest BCUT2D eigenvalue weighted by molar-refractivity contribution is 9.10. The SMILES string of the molecule is CC(C)c1nc(OS(=O)(=O)C(F)(F)F)c(C#N)cc1Br. The van der Waals surface area contributed by atoms with Gasteiger partial charge in [0.1, 0.15) is 11.6 Å². The molecule has 1 aromatic rings. The van der Waals surface area contributed by atoms with Crippen molar-refractivity contribution in [3.8, 4) is 11.9 Å². The van der Waals surface area contributed by atoms with E-state index in [1.807, 2.05) is 0 Å². The molecular formula is C10H8BrF3N2O3S. The molecule has 1 aromatic heterocycles. The first-order valence-corrected chi connectivity index (χ1v) is 7.31. The number of rotatable bonds is 3. The van der Waals surface area contributed by atoms with Crippen molar-refractivity contribution in [2.45, 2.75) is 25.3 Å².